The highest BCUT2D eigenvalue weighted by atomic mass is 19.1. The molecule has 1 amide bonds. The molecule has 2 aromatic carbocycles. The van der Waals surface area contributed by atoms with Crippen molar-refractivity contribution in [2.45, 2.75) is 12.5 Å². The van der Waals surface area contributed by atoms with E-state index in [0.717, 1.165) is 18.7 Å². The average molecular weight is 390 g/mol. The van der Waals surface area contributed by atoms with Gasteiger partial charge < -0.3 is 14.8 Å². The number of nitrogens with zero attached hydrogens (tertiary/aromatic N) is 1. The molecule has 0 spiro atoms. The lowest BCUT2D eigenvalue weighted by atomic mass is 10.0. The minimum Gasteiger partial charge on any atom is -0.493 e. The van der Waals surface area contributed by atoms with E-state index in [1.165, 1.54) is 36.4 Å². The Labute approximate surface area is 163 Å². The van der Waals surface area contributed by atoms with Crippen molar-refractivity contribution in [3.63, 3.8) is 0 Å². The van der Waals surface area contributed by atoms with E-state index in [1.807, 2.05) is 0 Å². The molecule has 1 atom stereocenters. The third-order valence-electron chi connectivity index (χ3n) is 4.65. The van der Waals surface area contributed by atoms with Gasteiger partial charge in [0.05, 0.1) is 32.3 Å². The van der Waals surface area contributed by atoms with E-state index >= 15 is 0 Å². The second-order valence-corrected chi connectivity index (χ2v) is 6.57. The Balaban J connectivity index is 1.51. The van der Waals surface area contributed by atoms with Gasteiger partial charge in [0.1, 0.15) is 17.4 Å². The topological polar surface area (TPSA) is 50.8 Å². The van der Waals surface area contributed by atoms with Crippen molar-refractivity contribution in [1.82, 2.24) is 10.2 Å². The largest absolute Gasteiger partial charge is 0.493 e. The highest BCUT2D eigenvalue weighted by Gasteiger charge is 2.23. The summed E-state index contributed by atoms with van der Waals surface area (Å²) in [5.41, 5.74) is 0.950. The number of carbonyl (C=O) groups is 1. The number of hydrogen-bond donors (Lipinski definition) is 1. The quantitative estimate of drug-likeness (QED) is 0.753. The second kappa shape index (κ2) is 10.1. The molecular weight excluding hydrogens is 366 g/mol. The highest BCUT2D eigenvalue weighted by molar-refractivity contribution is 5.76. The fourth-order valence-corrected chi connectivity index (χ4v) is 3.12. The Kier molecular flexibility index (Phi) is 7.33. The zero-order valence-electron chi connectivity index (χ0n) is 15.6. The van der Waals surface area contributed by atoms with E-state index in [4.69, 9.17) is 9.47 Å². The Morgan fingerprint density at radius 3 is 2.29 bits per heavy atom. The number of morpholine rings is 1. The molecule has 0 saturated carbocycles. The summed E-state index contributed by atoms with van der Waals surface area (Å²) in [6.07, 6.45) is 0.191. The van der Waals surface area contributed by atoms with Gasteiger partial charge in [0.15, 0.2) is 0 Å². The standard InChI is InChI=1S/C21H24F2N2O3/c22-17-3-1-16(2-4-17)20(25-10-13-27-14-11-25)15-24-21(26)9-12-28-19-7-5-18(23)6-8-19/h1-8,20H,9-15H2,(H,24,26). The SMILES string of the molecule is O=C(CCOc1ccc(F)cc1)NCC(c1ccc(F)cc1)N1CCOCC1. The number of rotatable bonds is 8. The fourth-order valence-electron chi connectivity index (χ4n) is 3.12. The number of ether oxygens (including phenoxy) is 2. The lowest BCUT2D eigenvalue weighted by molar-refractivity contribution is -0.121. The molecule has 3 rings (SSSR count). The predicted molar refractivity (Wildman–Crippen MR) is 101 cm³/mol. The summed E-state index contributed by atoms with van der Waals surface area (Å²) in [6.45, 7) is 3.41. The maximum atomic E-state index is 13.3. The Morgan fingerprint density at radius 2 is 1.64 bits per heavy atom. The monoisotopic (exact) mass is 390 g/mol. The molecule has 7 heteroatoms. The minimum atomic E-state index is -0.333. The van der Waals surface area contributed by atoms with E-state index in [2.05, 4.69) is 10.2 Å². The Hall–Kier alpha value is -2.51. The van der Waals surface area contributed by atoms with Gasteiger partial charge in [-0.1, -0.05) is 12.1 Å². The third-order valence-corrected chi connectivity index (χ3v) is 4.65. The highest BCUT2D eigenvalue weighted by Crippen LogP contribution is 2.21. The Bertz CT molecular complexity index is 747. The first-order chi connectivity index (χ1) is 13.6. The molecule has 2 aromatic rings. The molecular formula is C21H24F2N2O3. The third kappa shape index (κ3) is 6.00. The first-order valence-electron chi connectivity index (χ1n) is 9.34. The fraction of sp³-hybridized carbons (Fsp3) is 0.381. The molecule has 150 valence electrons. The van der Waals surface area contributed by atoms with Gasteiger partial charge in [-0.15, -0.1) is 0 Å². The molecule has 0 bridgehead atoms. The van der Waals surface area contributed by atoms with Crippen LogP contribution in [-0.4, -0.2) is 50.3 Å². The van der Waals surface area contributed by atoms with E-state index in [9.17, 15) is 13.6 Å². The van der Waals surface area contributed by atoms with E-state index < -0.39 is 0 Å². The molecule has 1 N–H and O–H groups in total. The van der Waals surface area contributed by atoms with Crippen LogP contribution in [0.25, 0.3) is 0 Å². The number of nitrogens with one attached hydrogen (secondary N) is 1. The second-order valence-electron chi connectivity index (χ2n) is 6.57. The number of carbonyl (C=O) groups excluding carboxylic acids is 1. The van der Waals surface area contributed by atoms with Crippen molar-refractivity contribution in [2.24, 2.45) is 0 Å². The molecule has 1 aliphatic heterocycles. The zero-order chi connectivity index (χ0) is 19.8. The van der Waals surface area contributed by atoms with Crippen molar-refractivity contribution in [3.8, 4) is 5.75 Å². The van der Waals surface area contributed by atoms with E-state index in [1.54, 1.807) is 12.1 Å². The number of amides is 1. The van der Waals surface area contributed by atoms with Crippen LogP contribution in [0.3, 0.4) is 0 Å². The van der Waals surface area contributed by atoms with E-state index in [0.29, 0.717) is 25.5 Å². The summed E-state index contributed by atoms with van der Waals surface area (Å²) in [4.78, 5) is 14.4. The zero-order valence-corrected chi connectivity index (χ0v) is 15.6. The molecule has 1 aliphatic rings. The summed E-state index contributed by atoms with van der Waals surface area (Å²) in [7, 11) is 0. The smallest absolute Gasteiger partial charge is 0.223 e. The van der Waals surface area contributed by atoms with Crippen LogP contribution in [0.5, 0.6) is 5.75 Å². The van der Waals surface area contributed by atoms with Gasteiger partial charge >= 0.3 is 0 Å². The van der Waals surface area contributed by atoms with Crippen LogP contribution in [0, 0.1) is 11.6 Å². The van der Waals surface area contributed by atoms with Crippen LogP contribution >= 0.6 is 0 Å². The summed E-state index contributed by atoms with van der Waals surface area (Å²) in [5, 5.41) is 2.93. The first kappa shape index (κ1) is 20.2. The van der Waals surface area contributed by atoms with Crippen LogP contribution in [-0.2, 0) is 9.53 Å². The molecule has 0 aromatic heterocycles. The van der Waals surface area contributed by atoms with Crippen molar-refractivity contribution >= 4 is 5.91 Å². The van der Waals surface area contributed by atoms with Gasteiger partial charge in [0.2, 0.25) is 5.91 Å². The average Bonchev–Trinajstić information content (AvgIpc) is 2.72. The molecule has 1 unspecified atom stereocenters. The maximum absolute atomic E-state index is 13.3. The van der Waals surface area contributed by atoms with Crippen molar-refractivity contribution in [2.75, 3.05) is 39.5 Å². The predicted octanol–water partition coefficient (Wildman–Crippen LogP) is 2.92. The maximum Gasteiger partial charge on any atom is 0.223 e. The minimum absolute atomic E-state index is 0.0496. The lowest BCUT2D eigenvalue weighted by Gasteiger charge is -2.35. The van der Waals surface area contributed by atoms with Gasteiger partial charge in [-0.05, 0) is 42.0 Å². The summed E-state index contributed by atoms with van der Waals surface area (Å²) in [5.74, 6) is -0.235. The first-order valence-corrected chi connectivity index (χ1v) is 9.34. The van der Waals surface area contributed by atoms with E-state index in [-0.39, 0.29) is 36.6 Å². The van der Waals surface area contributed by atoms with Gasteiger partial charge in [-0.2, -0.15) is 0 Å². The molecule has 5 nitrogen and oxygen atoms in total. The normalized spacial score (nSPS) is 15.8. The van der Waals surface area contributed by atoms with Crippen molar-refractivity contribution in [3.05, 3.63) is 65.7 Å². The summed E-state index contributed by atoms with van der Waals surface area (Å²) in [6, 6.07) is 12.0. The van der Waals surface area contributed by atoms with Crippen LogP contribution in [0.4, 0.5) is 8.78 Å². The van der Waals surface area contributed by atoms with Crippen molar-refractivity contribution in [1.29, 1.82) is 0 Å². The molecule has 1 saturated heterocycles. The van der Waals surface area contributed by atoms with Gasteiger partial charge in [-0.3, -0.25) is 9.69 Å². The lowest BCUT2D eigenvalue weighted by Crippen LogP contribution is -2.44. The summed E-state index contributed by atoms with van der Waals surface area (Å²) >= 11 is 0. The van der Waals surface area contributed by atoms with Crippen LogP contribution in [0.2, 0.25) is 0 Å². The van der Waals surface area contributed by atoms with Gasteiger partial charge in [0.25, 0.3) is 0 Å². The van der Waals surface area contributed by atoms with Gasteiger partial charge in [-0.25, -0.2) is 8.78 Å². The molecule has 1 fully saturated rings. The van der Waals surface area contributed by atoms with Crippen LogP contribution in [0.1, 0.15) is 18.0 Å². The van der Waals surface area contributed by atoms with Gasteiger partial charge in [0, 0.05) is 19.6 Å². The molecule has 0 aliphatic carbocycles. The number of halogens is 2. The molecule has 1 heterocycles. The van der Waals surface area contributed by atoms with Crippen LogP contribution < -0.4 is 10.1 Å². The van der Waals surface area contributed by atoms with Crippen LogP contribution in [0.15, 0.2) is 48.5 Å². The molecule has 0 radical (unpaired) electrons. The van der Waals surface area contributed by atoms with Crippen molar-refractivity contribution < 1.29 is 23.0 Å². The number of benzene rings is 2. The molecule has 28 heavy (non-hydrogen) atoms. The summed E-state index contributed by atoms with van der Waals surface area (Å²) < 4.78 is 37.0. The Morgan fingerprint density at radius 1 is 1.04 bits per heavy atom. The number of hydrogen-bond acceptors (Lipinski definition) is 4.